The third kappa shape index (κ3) is 4.08. The molecule has 1 unspecified atom stereocenters. The van der Waals surface area contributed by atoms with Crippen molar-refractivity contribution in [3.63, 3.8) is 0 Å². The highest BCUT2D eigenvalue weighted by molar-refractivity contribution is 5.81. The standard InChI is InChI=1S/C11H17N3O/c1-2-10(12)11(15)14-8-6-9-5-3-4-7-13-9/h3-5,7,10H,2,6,8,12H2,1H3,(H,14,15). The number of nitrogens with one attached hydrogen (secondary N) is 1. The summed E-state index contributed by atoms with van der Waals surface area (Å²) in [7, 11) is 0. The SMILES string of the molecule is CCC(N)C(=O)NCCc1ccccn1. The Bertz CT molecular complexity index is 300. The monoisotopic (exact) mass is 207 g/mol. The molecule has 1 rings (SSSR count). The summed E-state index contributed by atoms with van der Waals surface area (Å²) in [6.07, 6.45) is 3.15. The summed E-state index contributed by atoms with van der Waals surface area (Å²) in [5, 5.41) is 2.78. The predicted molar refractivity (Wildman–Crippen MR) is 59.2 cm³/mol. The molecule has 15 heavy (non-hydrogen) atoms. The number of hydrogen-bond acceptors (Lipinski definition) is 3. The lowest BCUT2D eigenvalue weighted by molar-refractivity contribution is -0.122. The van der Waals surface area contributed by atoms with Crippen LogP contribution in [0.5, 0.6) is 0 Å². The molecule has 0 bridgehead atoms. The van der Waals surface area contributed by atoms with Gasteiger partial charge in [-0.1, -0.05) is 13.0 Å². The fourth-order valence-corrected chi connectivity index (χ4v) is 1.18. The number of carbonyl (C=O) groups is 1. The van der Waals surface area contributed by atoms with Crippen molar-refractivity contribution < 1.29 is 4.79 Å². The first kappa shape index (κ1) is 11.7. The van der Waals surface area contributed by atoms with Crippen LogP contribution in [0.3, 0.4) is 0 Å². The molecule has 0 spiro atoms. The lowest BCUT2D eigenvalue weighted by Gasteiger charge is -2.09. The van der Waals surface area contributed by atoms with Crippen molar-refractivity contribution in [2.75, 3.05) is 6.54 Å². The van der Waals surface area contributed by atoms with E-state index >= 15 is 0 Å². The molecule has 0 aliphatic rings. The van der Waals surface area contributed by atoms with Gasteiger partial charge >= 0.3 is 0 Å². The molecule has 1 aromatic heterocycles. The van der Waals surface area contributed by atoms with Gasteiger partial charge in [-0.2, -0.15) is 0 Å². The van der Waals surface area contributed by atoms with E-state index in [2.05, 4.69) is 10.3 Å². The largest absolute Gasteiger partial charge is 0.354 e. The maximum Gasteiger partial charge on any atom is 0.236 e. The molecule has 3 N–H and O–H groups in total. The maximum atomic E-state index is 11.3. The van der Waals surface area contributed by atoms with Crippen LogP contribution in [0.25, 0.3) is 0 Å². The summed E-state index contributed by atoms with van der Waals surface area (Å²) in [5.41, 5.74) is 6.54. The van der Waals surface area contributed by atoms with Crippen LogP contribution in [0.2, 0.25) is 0 Å². The van der Waals surface area contributed by atoms with E-state index in [-0.39, 0.29) is 5.91 Å². The number of nitrogens with zero attached hydrogens (tertiary/aromatic N) is 1. The van der Waals surface area contributed by atoms with Gasteiger partial charge < -0.3 is 11.1 Å². The van der Waals surface area contributed by atoms with E-state index in [4.69, 9.17) is 5.73 Å². The third-order valence-corrected chi connectivity index (χ3v) is 2.18. The first-order valence-corrected chi connectivity index (χ1v) is 5.17. The maximum absolute atomic E-state index is 11.3. The fourth-order valence-electron chi connectivity index (χ4n) is 1.18. The van der Waals surface area contributed by atoms with E-state index in [1.807, 2.05) is 25.1 Å². The molecule has 0 aromatic carbocycles. The molecule has 0 saturated carbocycles. The van der Waals surface area contributed by atoms with Crippen molar-refractivity contribution in [2.45, 2.75) is 25.8 Å². The summed E-state index contributed by atoms with van der Waals surface area (Å²) in [5.74, 6) is -0.0894. The molecule has 82 valence electrons. The van der Waals surface area contributed by atoms with Crippen LogP contribution in [-0.4, -0.2) is 23.5 Å². The van der Waals surface area contributed by atoms with Gasteiger partial charge in [-0.15, -0.1) is 0 Å². The highest BCUT2D eigenvalue weighted by atomic mass is 16.2. The molecule has 0 aliphatic heterocycles. The molecule has 1 aromatic rings. The molecule has 1 atom stereocenters. The summed E-state index contributed by atoms with van der Waals surface area (Å²) in [4.78, 5) is 15.5. The lowest BCUT2D eigenvalue weighted by Crippen LogP contribution is -2.40. The van der Waals surface area contributed by atoms with Gasteiger partial charge in [-0.05, 0) is 18.6 Å². The molecule has 0 saturated heterocycles. The van der Waals surface area contributed by atoms with E-state index < -0.39 is 6.04 Å². The van der Waals surface area contributed by atoms with E-state index in [1.54, 1.807) is 6.20 Å². The van der Waals surface area contributed by atoms with Gasteiger partial charge in [0.2, 0.25) is 5.91 Å². The zero-order chi connectivity index (χ0) is 11.1. The number of carbonyl (C=O) groups excluding carboxylic acids is 1. The van der Waals surface area contributed by atoms with Crippen LogP contribution < -0.4 is 11.1 Å². The Hall–Kier alpha value is -1.42. The summed E-state index contributed by atoms with van der Waals surface area (Å²) in [6, 6.07) is 5.34. The summed E-state index contributed by atoms with van der Waals surface area (Å²) < 4.78 is 0. The Morgan fingerprint density at radius 1 is 1.60 bits per heavy atom. The molecular weight excluding hydrogens is 190 g/mol. The number of nitrogens with two attached hydrogens (primary N) is 1. The van der Waals surface area contributed by atoms with Gasteiger partial charge in [0, 0.05) is 24.9 Å². The molecule has 0 aliphatic carbocycles. The molecule has 0 fully saturated rings. The lowest BCUT2D eigenvalue weighted by atomic mass is 10.2. The average molecular weight is 207 g/mol. The van der Waals surface area contributed by atoms with E-state index in [1.165, 1.54) is 0 Å². The second-order valence-corrected chi connectivity index (χ2v) is 3.38. The second-order valence-electron chi connectivity index (χ2n) is 3.38. The van der Waals surface area contributed by atoms with Gasteiger partial charge in [0.15, 0.2) is 0 Å². The van der Waals surface area contributed by atoms with E-state index in [0.717, 1.165) is 12.1 Å². The highest BCUT2D eigenvalue weighted by Gasteiger charge is 2.09. The number of aromatic nitrogens is 1. The normalized spacial score (nSPS) is 12.1. The van der Waals surface area contributed by atoms with Crippen molar-refractivity contribution in [3.05, 3.63) is 30.1 Å². The van der Waals surface area contributed by atoms with Crippen LogP contribution in [0.15, 0.2) is 24.4 Å². The highest BCUT2D eigenvalue weighted by Crippen LogP contribution is 1.93. The minimum atomic E-state index is -0.395. The quantitative estimate of drug-likeness (QED) is 0.737. The van der Waals surface area contributed by atoms with Gasteiger partial charge in [0.25, 0.3) is 0 Å². The van der Waals surface area contributed by atoms with Crippen LogP contribution in [-0.2, 0) is 11.2 Å². The molecule has 1 heterocycles. The second kappa shape index (κ2) is 6.14. The Labute approximate surface area is 89.9 Å². The zero-order valence-corrected chi connectivity index (χ0v) is 8.94. The first-order chi connectivity index (χ1) is 7.24. The fraction of sp³-hybridized carbons (Fsp3) is 0.455. The van der Waals surface area contributed by atoms with Crippen molar-refractivity contribution in [1.29, 1.82) is 0 Å². The van der Waals surface area contributed by atoms with E-state index in [9.17, 15) is 4.79 Å². The van der Waals surface area contributed by atoms with Gasteiger partial charge in [-0.3, -0.25) is 9.78 Å². The zero-order valence-electron chi connectivity index (χ0n) is 8.94. The minimum Gasteiger partial charge on any atom is -0.354 e. The smallest absolute Gasteiger partial charge is 0.236 e. The number of amides is 1. The van der Waals surface area contributed by atoms with Crippen LogP contribution in [0, 0.1) is 0 Å². The Morgan fingerprint density at radius 2 is 2.40 bits per heavy atom. The Kier molecular flexibility index (Phi) is 4.77. The number of hydrogen-bond donors (Lipinski definition) is 2. The minimum absolute atomic E-state index is 0.0894. The summed E-state index contributed by atoms with van der Waals surface area (Å²) >= 11 is 0. The Balaban J connectivity index is 2.25. The van der Waals surface area contributed by atoms with Crippen LogP contribution >= 0.6 is 0 Å². The first-order valence-electron chi connectivity index (χ1n) is 5.17. The van der Waals surface area contributed by atoms with Gasteiger partial charge in [0.05, 0.1) is 6.04 Å². The van der Waals surface area contributed by atoms with Crippen molar-refractivity contribution in [2.24, 2.45) is 5.73 Å². The van der Waals surface area contributed by atoms with Crippen LogP contribution in [0.1, 0.15) is 19.0 Å². The van der Waals surface area contributed by atoms with Crippen molar-refractivity contribution in [1.82, 2.24) is 10.3 Å². The van der Waals surface area contributed by atoms with Crippen molar-refractivity contribution >= 4 is 5.91 Å². The summed E-state index contributed by atoms with van der Waals surface area (Å²) in [6.45, 7) is 2.48. The van der Waals surface area contributed by atoms with Crippen LogP contribution in [0.4, 0.5) is 0 Å². The third-order valence-electron chi connectivity index (χ3n) is 2.18. The molecule has 4 nitrogen and oxygen atoms in total. The molecule has 4 heteroatoms. The molecule has 1 amide bonds. The molecular formula is C11H17N3O. The van der Waals surface area contributed by atoms with Gasteiger partial charge in [-0.25, -0.2) is 0 Å². The molecule has 0 radical (unpaired) electrons. The Morgan fingerprint density at radius 3 is 3.00 bits per heavy atom. The number of rotatable bonds is 5. The predicted octanol–water partition coefficient (Wildman–Crippen LogP) is 0.478. The van der Waals surface area contributed by atoms with Crippen molar-refractivity contribution in [3.8, 4) is 0 Å². The topological polar surface area (TPSA) is 68.0 Å². The average Bonchev–Trinajstić information content (AvgIpc) is 2.29. The van der Waals surface area contributed by atoms with E-state index in [0.29, 0.717) is 13.0 Å². The van der Waals surface area contributed by atoms with Gasteiger partial charge in [0.1, 0.15) is 0 Å². The number of pyridine rings is 1.